The summed E-state index contributed by atoms with van der Waals surface area (Å²) in [6.07, 6.45) is 5.42. The lowest BCUT2D eigenvalue weighted by Gasteiger charge is -2.42. The number of nitrogens with one attached hydrogen (secondary N) is 2. The lowest BCUT2D eigenvalue weighted by atomic mass is 10.1. The van der Waals surface area contributed by atoms with Crippen molar-refractivity contribution in [1.29, 1.82) is 0 Å². The summed E-state index contributed by atoms with van der Waals surface area (Å²) in [6.45, 7) is 7.00. The fourth-order valence-corrected chi connectivity index (χ4v) is 5.65. The molecular weight excluding hydrogens is 494 g/mol. The molecule has 2 unspecified atom stereocenters. The molecule has 2 aromatic heterocycles. The average Bonchev–Trinajstić information content (AvgIpc) is 3.53. The van der Waals surface area contributed by atoms with Crippen LogP contribution in [-0.4, -0.2) is 61.5 Å². The molecule has 0 saturated carbocycles. The number of fused-ring (bicyclic) bond motifs is 3. The van der Waals surface area contributed by atoms with E-state index in [2.05, 4.69) is 37.5 Å². The minimum Gasteiger partial charge on any atom is -0.444 e. The van der Waals surface area contributed by atoms with Crippen LogP contribution in [0, 0.1) is 0 Å². The van der Waals surface area contributed by atoms with Crippen molar-refractivity contribution in [3.05, 3.63) is 65.2 Å². The first-order valence-electron chi connectivity index (χ1n) is 13.3. The second-order valence-corrected chi connectivity index (χ2v) is 11.4. The number of likely N-dealkylation sites (tertiary alicyclic amines) is 1. The van der Waals surface area contributed by atoms with Crippen molar-refractivity contribution in [1.82, 2.24) is 24.6 Å². The van der Waals surface area contributed by atoms with Gasteiger partial charge in [-0.05, 0) is 75.6 Å². The molecule has 202 valence electrons. The van der Waals surface area contributed by atoms with Crippen molar-refractivity contribution < 1.29 is 9.53 Å². The van der Waals surface area contributed by atoms with Gasteiger partial charge in [0.15, 0.2) is 5.82 Å². The van der Waals surface area contributed by atoms with Gasteiger partial charge in [0.05, 0.1) is 17.2 Å². The molecule has 2 aliphatic rings. The van der Waals surface area contributed by atoms with Gasteiger partial charge in [0, 0.05) is 55.4 Å². The molecule has 10 nitrogen and oxygen atoms in total. The summed E-state index contributed by atoms with van der Waals surface area (Å²) in [5.74, 6) is 0.278. The number of ether oxygens (including phenoxy) is 1. The van der Waals surface area contributed by atoms with Gasteiger partial charge in [-0.3, -0.25) is 9.89 Å². The lowest BCUT2D eigenvalue weighted by Crippen LogP contribution is -2.56. The number of aromatic amines is 1. The Balaban J connectivity index is 1.18. The van der Waals surface area contributed by atoms with Crippen LogP contribution in [0.4, 0.5) is 22.0 Å². The largest absolute Gasteiger partial charge is 0.444 e. The monoisotopic (exact) mass is 527 g/mol. The van der Waals surface area contributed by atoms with Crippen LogP contribution in [0.15, 0.2) is 59.7 Å². The zero-order valence-corrected chi connectivity index (χ0v) is 22.6. The summed E-state index contributed by atoms with van der Waals surface area (Å²) >= 11 is 0. The molecule has 2 fully saturated rings. The van der Waals surface area contributed by atoms with Crippen LogP contribution in [0.2, 0.25) is 0 Å². The van der Waals surface area contributed by atoms with E-state index < -0.39 is 5.60 Å². The third-order valence-electron chi connectivity index (χ3n) is 7.47. The van der Waals surface area contributed by atoms with Gasteiger partial charge in [-0.15, -0.1) is 0 Å². The Labute approximate surface area is 226 Å². The Morgan fingerprint density at radius 3 is 2.41 bits per heavy atom. The normalized spacial score (nSPS) is 19.0. The first-order chi connectivity index (χ1) is 18.7. The van der Waals surface area contributed by atoms with Crippen LogP contribution in [0.3, 0.4) is 0 Å². The summed E-state index contributed by atoms with van der Waals surface area (Å²) in [6, 6.07) is 14.4. The van der Waals surface area contributed by atoms with Crippen molar-refractivity contribution in [3.8, 4) is 11.1 Å². The zero-order chi connectivity index (χ0) is 27.3. The number of nitrogens with zero attached hydrogens (tertiary/aromatic N) is 5. The first kappa shape index (κ1) is 25.0. The molecule has 0 radical (unpaired) electrons. The Hall–Kier alpha value is -4.34. The van der Waals surface area contributed by atoms with E-state index >= 15 is 0 Å². The number of carbonyl (C=O) groups excluding carboxylic acids is 1. The maximum Gasteiger partial charge on any atom is 0.410 e. The molecule has 4 aromatic rings. The number of carbonyl (C=O) groups is 1. The number of amides is 1. The van der Waals surface area contributed by atoms with Crippen molar-refractivity contribution in [3.63, 3.8) is 0 Å². The topological polar surface area (TPSA) is 108 Å². The predicted molar refractivity (Wildman–Crippen MR) is 151 cm³/mol. The molecule has 2 aliphatic heterocycles. The summed E-state index contributed by atoms with van der Waals surface area (Å²) in [7, 11) is 1.76. The molecule has 4 heterocycles. The van der Waals surface area contributed by atoms with Gasteiger partial charge in [-0.25, -0.2) is 9.78 Å². The second-order valence-electron chi connectivity index (χ2n) is 11.4. The van der Waals surface area contributed by atoms with E-state index in [0.29, 0.717) is 13.1 Å². The highest BCUT2D eigenvalue weighted by molar-refractivity contribution is 5.83. The summed E-state index contributed by atoms with van der Waals surface area (Å²) in [5, 5.41) is 10.0. The minimum atomic E-state index is -0.500. The molecule has 2 bridgehead atoms. The fraction of sp³-hybridized carbons (Fsp3) is 0.379. The number of benzene rings is 2. The Kier molecular flexibility index (Phi) is 6.05. The first-order valence-corrected chi connectivity index (χ1v) is 13.3. The number of rotatable bonds is 4. The third kappa shape index (κ3) is 4.82. The van der Waals surface area contributed by atoms with Crippen molar-refractivity contribution in [2.45, 2.75) is 51.3 Å². The van der Waals surface area contributed by atoms with Gasteiger partial charge < -0.3 is 24.4 Å². The summed E-state index contributed by atoms with van der Waals surface area (Å²) in [4.78, 5) is 34.7. The molecule has 1 amide bonds. The standard InChI is InChI=1S/C29H33N7O3/c1-29(2,3)39-28(38)35-16-22-10-11-23(17-35)36(22)21-8-6-20(7-9-21)32-26-27(37)34(4)25-13-18(5-12-24(25)33-26)19-14-30-31-15-19/h5-9,12-15,22-23H,10-11,16-17H2,1-4H3,(H,30,31)(H,32,33). The van der Waals surface area contributed by atoms with E-state index in [-0.39, 0.29) is 29.6 Å². The zero-order valence-electron chi connectivity index (χ0n) is 22.6. The van der Waals surface area contributed by atoms with Crippen molar-refractivity contribution in [2.24, 2.45) is 7.05 Å². The lowest BCUT2D eigenvalue weighted by molar-refractivity contribution is 0.0209. The molecule has 39 heavy (non-hydrogen) atoms. The molecular formula is C29H33N7O3. The third-order valence-corrected chi connectivity index (χ3v) is 7.47. The molecule has 0 aliphatic carbocycles. The number of aromatic nitrogens is 4. The van der Waals surface area contributed by atoms with Gasteiger partial charge in [-0.2, -0.15) is 5.10 Å². The Morgan fingerprint density at radius 1 is 1.05 bits per heavy atom. The second kappa shape index (κ2) is 9.44. The van der Waals surface area contributed by atoms with Crippen LogP contribution < -0.4 is 15.8 Å². The molecule has 10 heteroatoms. The molecule has 6 rings (SSSR count). The Bertz CT molecular complexity index is 1560. The average molecular weight is 528 g/mol. The predicted octanol–water partition coefficient (Wildman–Crippen LogP) is 4.66. The highest BCUT2D eigenvalue weighted by atomic mass is 16.6. The molecule has 2 atom stereocenters. The SMILES string of the molecule is Cn1c(=O)c(Nc2ccc(N3C4CCC3CN(C(=O)OC(C)(C)C)C4)cc2)nc2ccc(-c3cn[nH]c3)cc21. The maximum absolute atomic E-state index is 13.1. The van der Waals surface area contributed by atoms with Gasteiger partial charge in [0.25, 0.3) is 5.56 Å². The highest BCUT2D eigenvalue weighted by Crippen LogP contribution is 2.36. The van der Waals surface area contributed by atoms with Crippen LogP contribution in [0.1, 0.15) is 33.6 Å². The van der Waals surface area contributed by atoms with E-state index in [0.717, 1.165) is 46.4 Å². The van der Waals surface area contributed by atoms with E-state index in [1.54, 1.807) is 17.8 Å². The van der Waals surface area contributed by atoms with Crippen LogP contribution in [0.25, 0.3) is 22.2 Å². The Morgan fingerprint density at radius 2 is 1.77 bits per heavy atom. The number of anilines is 3. The number of piperazine rings is 1. The fourth-order valence-electron chi connectivity index (χ4n) is 5.65. The van der Waals surface area contributed by atoms with Gasteiger partial charge in [0.1, 0.15) is 5.60 Å². The van der Waals surface area contributed by atoms with Gasteiger partial charge in [-0.1, -0.05) is 6.07 Å². The number of hydrogen-bond acceptors (Lipinski definition) is 7. The minimum absolute atomic E-state index is 0.202. The van der Waals surface area contributed by atoms with Crippen molar-refractivity contribution >= 4 is 34.3 Å². The van der Waals surface area contributed by atoms with E-state index in [1.165, 1.54) is 0 Å². The molecule has 2 N–H and O–H groups in total. The number of aryl methyl sites for hydroxylation is 1. The number of hydrogen-bond donors (Lipinski definition) is 2. The highest BCUT2D eigenvalue weighted by Gasteiger charge is 2.42. The van der Waals surface area contributed by atoms with E-state index in [4.69, 9.17) is 4.74 Å². The molecule has 2 saturated heterocycles. The van der Waals surface area contributed by atoms with Crippen LogP contribution in [-0.2, 0) is 11.8 Å². The number of H-pyrrole nitrogens is 1. The van der Waals surface area contributed by atoms with Gasteiger partial charge >= 0.3 is 6.09 Å². The van der Waals surface area contributed by atoms with Crippen LogP contribution >= 0.6 is 0 Å². The smallest absolute Gasteiger partial charge is 0.410 e. The van der Waals surface area contributed by atoms with Crippen LogP contribution in [0.5, 0.6) is 0 Å². The quantitative estimate of drug-likeness (QED) is 0.398. The van der Waals surface area contributed by atoms with E-state index in [9.17, 15) is 9.59 Å². The molecule has 0 spiro atoms. The summed E-state index contributed by atoms with van der Waals surface area (Å²) in [5.41, 5.74) is 4.59. The van der Waals surface area contributed by atoms with E-state index in [1.807, 2.05) is 62.2 Å². The van der Waals surface area contributed by atoms with Crippen molar-refractivity contribution in [2.75, 3.05) is 23.3 Å². The van der Waals surface area contributed by atoms with Gasteiger partial charge in [0.2, 0.25) is 0 Å². The maximum atomic E-state index is 13.1. The summed E-state index contributed by atoms with van der Waals surface area (Å²) < 4.78 is 7.22. The molecule has 2 aromatic carbocycles.